The molecule has 0 aromatic carbocycles. The summed E-state index contributed by atoms with van der Waals surface area (Å²) in [6, 6.07) is 1.17. The Balaban J connectivity index is 3.59. The van der Waals surface area contributed by atoms with E-state index in [0.717, 1.165) is 4.73 Å². The van der Waals surface area contributed by atoms with Gasteiger partial charge in [-0.1, -0.05) is 0 Å². The van der Waals surface area contributed by atoms with Gasteiger partial charge in [0.2, 0.25) is 5.43 Å². The van der Waals surface area contributed by atoms with E-state index in [0.29, 0.717) is 5.69 Å². The number of aromatic nitrogens is 1. The molecule has 4 heteroatoms. The van der Waals surface area contributed by atoms with Crippen LogP contribution in [0.1, 0.15) is 11.4 Å². The predicted octanol–water partition coefficient (Wildman–Crippen LogP) is 0.408. The molecule has 1 rings (SSSR count). The molecule has 0 saturated carbocycles. The zero-order valence-corrected chi connectivity index (χ0v) is 6.33. The first-order valence-corrected chi connectivity index (χ1v) is 3.15. The lowest BCUT2D eigenvalue weighted by atomic mass is 10.3. The smallest absolute Gasteiger partial charge is 0.223 e. The summed E-state index contributed by atoms with van der Waals surface area (Å²) < 4.78 is 0.775. The third kappa shape index (κ3) is 1.07. The lowest BCUT2D eigenvalue weighted by Crippen LogP contribution is -2.11. The first kappa shape index (κ1) is 7.65. The lowest BCUT2D eigenvalue weighted by molar-refractivity contribution is 0.167. The fourth-order valence-electron chi connectivity index (χ4n) is 0.862. The minimum absolute atomic E-state index is 0.162. The van der Waals surface area contributed by atoms with Gasteiger partial charge >= 0.3 is 0 Å². The van der Waals surface area contributed by atoms with Crippen molar-refractivity contribution < 1.29 is 10.3 Å². The van der Waals surface area contributed by atoms with Gasteiger partial charge in [0.1, 0.15) is 0 Å². The molecule has 0 spiro atoms. The summed E-state index contributed by atoms with van der Waals surface area (Å²) in [6.07, 6.45) is 0. The molecular formula is C7H9NO3. The highest BCUT2D eigenvalue weighted by Crippen LogP contribution is 2.09. The lowest BCUT2D eigenvalue weighted by Gasteiger charge is -2.06. The van der Waals surface area contributed by atoms with Crippen LogP contribution in [0.2, 0.25) is 0 Å². The molecular weight excluding hydrogens is 146 g/mol. The van der Waals surface area contributed by atoms with Gasteiger partial charge in [0.25, 0.3) is 0 Å². The van der Waals surface area contributed by atoms with Crippen molar-refractivity contribution in [2.24, 2.45) is 0 Å². The molecule has 1 aromatic heterocycles. The van der Waals surface area contributed by atoms with Crippen LogP contribution in [-0.4, -0.2) is 15.0 Å². The normalized spacial score (nSPS) is 10.0. The summed E-state index contributed by atoms with van der Waals surface area (Å²) in [5, 5.41) is 18.1. The van der Waals surface area contributed by atoms with Gasteiger partial charge in [-0.25, -0.2) is 0 Å². The molecule has 0 fully saturated rings. The molecule has 60 valence electrons. The number of pyridine rings is 1. The van der Waals surface area contributed by atoms with Gasteiger partial charge in [-0.05, 0) is 13.8 Å². The highest BCUT2D eigenvalue weighted by atomic mass is 16.5. The van der Waals surface area contributed by atoms with E-state index < -0.39 is 11.2 Å². The largest absolute Gasteiger partial charge is 0.503 e. The highest BCUT2D eigenvalue weighted by Gasteiger charge is 2.06. The summed E-state index contributed by atoms with van der Waals surface area (Å²) in [5.41, 5.74) is 0.102. The van der Waals surface area contributed by atoms with E-state index in [1.54, 1.807) is 6.92 Å². The SMILES string of the molecule is Cc1cc(=O)c(O)c(C)n1O. The van der Waals surface area contributed by atoms with Gasteiger partial charge in [0.15, 0.2) is 5.75 Å². The van der Waals surface area contributed by atoms with Crippen molar-refractivity contribution in [1.29, 1.82) is 0 Å². The van der Waals surface area contributed by atoms with E-state index in [2.05, 4.69) is 0 Å². The average molecular weight is 155 g/mol. The van der Waals surface area contributed by atoms with E-state index in [1.165, 1.54) is 13.0 Å². The zero-order valence-electron chi connectivity index (χ0n) is 6.33. The Hall–Kier alpha value is -1.45. The van der Waals surface area contributed by atoms with Crippen LogP contribution in [0.5, 0.6) is 5.75 Å². The number of hydrogen-bond acceptors (Lipinski definition) is 3. The summed E-state index contributed by atoms with van der Waals surface area (Å²) in [7, 11) is 0. The van der Waals surface area contributed by atoms with Crippen molar-refractivity contribution >= 4 is 0 Å². The molecule has 0 aliphatic rings. The van der Waals surface area contributed by atoms with E-state index >= 15 is 0 Å². The molecule has 11 heavy (non-hydrogen) atoms. The maximum Gasteiger partial charge on any atom is 0.223 e. The Morgan fingerprint density at radius 3 is 2.55 bits per heavy atom. The Labute approximate surface area is 63.3 Å². The molecule has 0 unspecified atom stereocenters. The molecule has 0 saturated heterocycles. The molecule has 0 amide bonds. The fourth-order valence-corrected chi connectivity index (χ4v) is 0.862. The van der Waals surface area contributed by atoms with Gasteiger partial charge in [-0.3, -0.25) is 4.79 Å². The van der Waals surface area contributed by atoms with Gasteiger partial charge < -0.3 is 10.3 Å². The maximum atomic E-state index is 10.8. The Morgan fingerprint density at radius 2 is 2.00 bits per heavy atom. The molecule has 0 radical (unpaired) electrons. The fraction of sp³-hybridized carbons (Fsp3) is 0.286. The van der Waals surface area contributed by atoms with Crippen LogP contribution in [0, 0.1) is 13.8 Å². The van der Waals surface area contributed by atoms with Crippen molar-refractivity contribution in [2.75, 3.05) is 0 Å². The van der Waals surface area contributed by atoms with Gasteiger partial charge in [-0.2, -0.15) is 4.73 Å². The van der Waals surface area contributed by atoms with Crippen LogP contribution in [-0.2, 0) is 0 Å². The van der Waals surface area contributed by atoms with Gasteiger partial charge in [-0.15, -0.1) is 0 Å². The van der Waals surface area contributed by atoms with Crippen molar-refractivity contribution in [2.45, 2.75) is 13.8 Å². The first-order chi connectivity index (χ1) is 5.04. The van der Waals surface area contributed by atoms with Crippen molar-refractivity contribution in [3.05, 3.63) is 27.7 Å². The Bertz CT molecular complexity index is 340. The summed E-state index contributed by atoms with van der Waals surface area (Å²) in [4.78, 5) is 10.8. The van der Waals surface area contributed by atoms with E-state index in [-0.39, 0.29) is 5.69 Å². The van der Waals surface area contributed by atoms with E-state index in [9.17, 15) is 4.79 Å². The second-order valence-electron chi connectivity index (χ2n) is 2.40. The Kier molecular flexibility index (Phi) is 1.60. The predicted molar refractivity (Wildman–Crippen MR) is 39.0 cm³/mol. The molecule has 4 nitrogen and oxygen atoms in total. The van der Waals surface area contributed by atoms with Gasteiger partial charge in [0.05, 0.1) is 11.4 Å². The number of aryl methyl sites for hydroxylation is 1. The molecule has 0 bridgehead atoms. The minimum atomic E-state index is -0.467. The third-order valence-corrected chi connectivity index (χ3v) is 1.57. The maximum absolute atomic E-state index is 10.8. The van der Waals surface area contributed by atoms with Gasteiger partial charge in [0, 0.05) is 6.07 Å². The van der Waals surface area contributed by atoms with Crippen LogP contribution < -0.4 is 5.43 Å². The monoisotopic (exact) mass is 155 g/mol. The average Bonchev–Trinajstić information content (AvgIpc) is 1.97. The summed E-state index contributed by atoms with van der Waals surface area (Å²) >= 11 is 0. The minimum Gasteiger partial charge on any atom is -0.503 e. The summed E-state index contributed by atoms with van der Waals surface area (Å²) in [5.74, 6) is -0.405. The second-order valence-corrected chi connectivity index (χ2v) is 2.40. The van der Waals surface area contributed by atoms with Crippen LogP contribution >= 0.6 is 0 Å². The summed E-state index contributed by atoms with van der Waals surface area (Å²) in [6.45, 7) is 3.04. The number of aromatic hydroxyl groups is 1. The van der Waals surface area contributed by atoms with E-state index in [4.69, 9.17) is 10.3 Å². The second kappa shape index (κ2) is 2.30. The molecule has 0 atom stereocenters. The van der Waals surface area contributed by atoms with Crippen molar-refractivity contribution in [3.63, 3.8) is 0 Å². The van der Waals surface area contributed by atoms with Crippen molar-refractivity contribution in [3.8, 4) is 5.75 Å². The quantitative estimate of drug-likeness (QED) is 0.533. The van der Waals surface area contributed by atoms with Crippen LogP contribution in [0.15, 0.2) is 10.9 Å². The molecule has 0 aliphatic heterocycles. The highest BCUT2D eigenvalue weighted by molar-refractivity contribution is 5.27. The van der Waals surface area contributed by atoms with E-state index in [1.807, 2.05) is 0 Å². The standard InChI is InChI=1S/C7H9NO3/c1-4-3-6(9)7(10)5(2)8(4)11/h3,10-11H,1-2H3. The topological polar surface area (TPSA) is 62.5 Å². The van der Waals surface area contributed by atoms with Crippen molar-refractivity contribution in [1.82, 2.24) is 4.73 Å². The molecule has 1 heterocycles. The zero-order chi connectivity index (χ0) is 8.59. The number of hydrogen-bond donors (Lipinski definition) is 2. The third-order valence-electron chi connectivity index (χ3n) is 1.57. The van der Waals surface area contributed by atoms with Crippen LogP contribution in [0.25, 0.3) is 0 Å². The van der Waals surface area contributed by atoms with Crippen LogP contribution in [0.3, 0.4) is 0 Å². The molecule has 2 N–H and O–H groups in total. The molecule has 0 aliphatic carbocycles. The molecule has 1 aromatic rings. The Morgan fingerprint density at radius 1 is 1.45 bits per heavy atom. The van der Waals surface area contributed by atoms with Crippen LogP contribution in [0.4, 0.5) is 0 Å². The number of nitrogens with zero attached hydrogens (tertiary/aromatic N) is 1. The first-order valence-electron chi connectivity index (χ1n) is 3.15. The number of rotatable bonds is 0.